The van der Waals surface area contributed by atoms with Crippen molar-refractivity contribution in [3.63, 3.8) is 0 Å². The Morgan fingerprint density at radius 1 is 1.33 bits per heavy atom. The minimum Gasteiger partial charge on any atom is -0.371 e. The molecule has 0 spiro atoms. The fourth-order valence-electron chi connectivity index (χ4n) is 2.72. The average molecular weight is 246 g/mol. The Bertz CT molecular complexity index is 362. The van der Waals surface area contributed by atoms with Gasteiger partial charge in [0.2, 0.25) is 0 Å². The summed E-state index contributed by atoms with van der Waals surface area (Å²) >= 11 is 0. The van der Waals surface area contributed by atoms with Crippen molar-refractivity contribution in [1.29, 1.82) is 0 Å². The van der Waals surface area contributed by atoms with Crippen molar-refractivity contribution in [2.45, 2.75) is 45.6 Å². The summed E-state index contributed by atoms with van der Waals surface area (Å²) in [7, 11) is 0. The molecule has 2 heteroatoms. The minimum atomic E-state index is 0.655. The molecule has 0 bridgehead atoms. The number of benzene rings is 1. The highest BCUT2D eigenvalue weighted by Crippen LogP contribution is 2.27. The van der Waals surface area contributed by atoms with Crippen molar-refractivity contribution >= 4 is 5.69 Å². The van der Waals surface area contributed by atoms with Crippen LogP contribution in [0, 0.1) is 0 Å². The number of nitrogens with one attached hydrogen (secondary N) is 1. The first-order valence-corrected chi connectivity index (χ1v) is 7.37. The van der Waals surface area contributed by atoms with Crippen LogP contribution in [0.15, 0.2) is 24.3 Å². The monoisotopic (exact) mass is 246 g/mol. The number of hydrogen-bond donors (Lipinski definition) is 1. The van der Waals surface area contributed by atoms with Gasteiger partial charge in [0.05, 0.1) is 0 Å². The van der Waals surface area contributed by atoms with Crippen LogP contribution in [0.1, 0.15) is 38.7 Å². The van der Waals surface area contributed by atoms with Crippen molar-refractivity contribution in [2.75, 3.05) is 24.5 Å². The van der Waals surface area contributed by atoms with Gasteiger partial charge in [0.1, 0.15) is 0 Å². The summed E-state index contributed by atoms with van der Waals surface area (Å²) in [5, 5.41) is 3.56. The van der Waals surface area contributed by atoms with E-state index in [9.17, 15) is 0 Å². The number of anilines is 1. The van der Waals surface area contributed by atoms with Crippen LogP contribution in [0.3, 0.4) is 0 Å². The first kappa shape index (κ1) is 13.4. The lowest BCUT2D eigenvalue weighted by Crippen LogP contribution is -2.28. The molecule has 1 N–H and O–H groups in total. The molecule has 0 saturated carbocycles. The van der Waals surface area contributed by atoms with Gasteiger partial charge in [-0.3, -0.25) is 0 Å². The van der Waals surface area contributed by atoms with Crippen LogP contribution < -0.4 is 10.2 Å². The van der Waals surface area contributed by atoms with Crippen LogP contribution in [0.4, 0.5) is 5.69 Å². The summed E-state index contributed by atoms with van der Waals surface area (Å²) in [6.07, 6.45) is 5.01. The van der Waals surface area contributed by atoms with E-state index in [1.807, 2.05) is 0 Å². The van der Waals surface area contributed by atoms with E-state index in [0.29, 0.717) is 6.04 Å². The molecule has 18 heavy (non-hydrogen) atoms. The minimum absolute atomic E-state index is 0.655. The van der Waals surface area contributed by atoms with Crippen molar-refractivity contribution < 1.29 is 0 Å². The van der Waals surface area contributed by atoms with Crippen molar-refractivity contribution in [3.8, 4) is 0 Å². The number of fused-ring (bicyclic) bond motifs is 1. The number of nitrogens with zero attached hydrogens (tertiary/aromatic N) is 1. The van der Waals surface area contributed by atoms with Gasteiger partial charge in [-0.2, -0.15) is 0 Å². The molecule has 0 aliphatic carbocycles. The normalized spacial score (nSPS) is 15.8. The third kappa shape index (κ3) is 3.49. The first-order chi connectivity index (χ1) is 8.81. The van der Waals surface area contributed by atoms with Gasteiger partial charge < -0.3 is 10.2 Å². The van der Waals surface area contributed by atoms with E-state index in [0.717, 1.165) is 6.54 Å². The zero-order valence-corrected chi connectivity index (χ0v) is 11.8. The highest BCUT2D eigenvalue weighted by Gasteiger charge is 2.17. The Labute approximate surface area is 111 Å². The molecule has 1 aromatic rings. The van der Waals surface area contributed by atoms with Gasteiger partial charge in [0.15, 0.2) is 0 Å². The predicted octanol–water partition coefficient (Wildman–Crippen LogP) is 3.22. The Morgan fingerprint density at radius 2 is 2.17 bits per heavy atom. The first-order valence-electron chi connectivity index (χ1n) is 7.37. The molecule has 2 nitrogen and oxygen atoms in total. The maximum Gasteiger partial charge on any atom is 0.0399 e. The Balaban J connectivity index is 1.72. The van der Waals surface area contributed by atoms with Crippen molar-refractivity contribution in [1.82, 2.24) is 5.32 Å². The average Bonchev–Trinajstić information content (AvgIpc) is 2.80. The summed E-state index contributed by atoms with van der Waals surface area (Å²) in [5.41, 5.74) is 2.99. The molecular formula is C16H26N2. The lowest BCUT2D eigenvalue weighted by molar-refractivity contribution is 0.497. The van der Waals surface area contributed by atoms with Gasteiger partial charge in [-0.1, -0.05) is 25.1 Å². The van der Waals surface area contributed by atoms with Gasteiger partial charge >= 0.3 is 0 Å². The van der Waals surface area contributed by atoms with E-state index in [2.05, 4.69) is 48.3 Å². The van der Waals surface area contributed by atoms with Crippen LogP contribution in [0.2, 0.25) is 0 Å². The summed E-state index contributed by atoms with van der Waals surface area (Å²) in [5.74, 6) is 0. The van der Waals surface area contributed by atoms with Crippen molar-refractivity contribution in [3.05, 3.63) is 29.8 Å². The summed E-state index contributed by atoms with van der Waals surface area (Å²) in [6, 6.07) is 9.49. The molecule has 1 atom stereocenters. The predicted molar refractivity (Wildman–Crippen MR) is 79.3 cm³/mol. The number of rotatable bonds is 7. The molecule has 2 rings (SSSR count). The van der Waals surface area contributed by atoms with Gasteiger partial charge in [-0.15, -0.1) is 0 Å². The van der Waals surface area contributed by atoms with E-state index in [1.54, 1.807) is 0 Å². The topological polar surface area (TPSA) is 15.3 Å². The number of hydrogen-bond acceptors (Lipinski definition) is 2. The highest BCUT2D eigenvalue weighted by atomic mass is 15.1. The van der Waals surface area contributed by atoms with Gasteiger partial charge in [-0.05, 0) is 50.8 Å². The molecule has 1 aliphatic heterocycles. The third-order valence-corrected chi connectivity index (χ3v) is 3.79. The van der Waals surface area contributed by atoms with Gasteiger partial charge in [-0.25, -0.2) is 0 Å². The smallest absolute Gasteiger partial charge is 0.0399 e. The fraction of sp³-hybridized carbons (Fsp3) is 0.625. The molecular weight excluding hydrogens is 220 g/mol. The SMILES string of the molecule is CCCNC(C)CCCN1CCc2ccccc21. The van der Waals surface area contributed by atoms with Crippen LogP contribution >= 0.6 is 0 Å². The summed E-state index contributed by atoms with van der Waals surface area (Å²) < 4.78 is 0. The second kappa shape index (κ2) is 6.79. The van der Waals surface area contributed by atoms with Crippen LogP contribution in [-0.4, -0.2) is 25.7 Å². The van der Waals surface area contributed by atoms with E-state index >= 15 is 0 Å². The van der Waals surface area contributed by atoms with Gasteiger partial charge in [0, 0.05) is 24.8 Å². The largest absolute Gasteiger partial charge is 0.371 e. The van der Waals surface area contributed by atoms with Gasteiger partial charge in [0.25, 0.3) is 0 Å². The summed E-state index contributed by atoms with van der Waals surface area (Å²) in [4.78, 5) is 2.54. The van der Waals surface area contributed by atoms with E-state index in [-0.39, 0.29) is 0 Å². The van der Waals surface area contributed by atoms with Crippen molar-refractivity contribution in [2.24, 2.45) is 0 Å². The molecule has 0 amide bonds. The standard InChI is InChI=1S/C16H26N2/c1-3-11-17-14(2)7-6-12-18-13-10-15-8-4-5-9-16(15)18/h4-5,8-9,14,17H,3,6-7,10-13H2,1-2H3. The highest BCUT2D eigenvalue weighted by molar-refractivity contribution is 5.57. The van der Waals surface area contributed by atoms with Crippen LogP contribution in [0.5, 0.6) is 0 Å². The molecule has 1 aliphatic rings. The Morgan fingerprint density at radius 3 is 3.00 bits per heavy atom. The summed E-state index contributed by atoms with van der Waals surface area (Å²) in [6.45, 7) is 8.08. The van der Waals surface area contributed by atoms with E-state index in [4.69, 9.17) is 0 Å². The maximum atomic E-state index is 3.56. The lowest BCUT2D eigenvalue weighted by atomic mass is 10.1. The second-order valence-electron chi connectivity index (χ2n) is 5.36. The number of para-hydroxylation sites is 1. The quantitative estimate of drug-likeness (QED) is 0.794. The zero-order valence-electron chi connectivity index (χ0n) is 11.8. The fourth-order valence-corrected chi connectivity index (χ4v) is 2.72. The zero-order chi connectivity index (χ0) is 12.8. The third-order valence-electron chi connectivity index (χ3n) is 3.79. The van der Waals surface area contributed by atoms with Crippen LogP contribution in [-0.2, 0) is 6.42 Å². The molecule has 1 unspecified atom stereocenters. The van der Waals surface area contributed by atoms with Crippen LogP contribution in [0.25, 0.3) is 0 Å². The Hall–Kier alpha value is -1.02. The molecule has 1 aromatic carbocycles. The molecule has 0 radical (unpaired) electrons. The Kier molecular flexibility index (Phi) is 5.06. The van der Waals surface area contributed by atoms with E-state index in [1.165, 1.54) is 50.0 Å². The molecule has 100 valence electrons. The van der Waals surface area contributed by atoms with E-state index < -0.39 is 0 Å². The molecule has 0 saturated heterocycles. The maximum absolute atomic E-state index is 3.56. The lowest BCUT2D eigenvalue weighted by Gasteiger charge is -2.20. The molecule has 0 aromatic heterocycles. The molecule has 1 heterocycles. The second-order valence-corrected chi connectivity index (χ2v) is 5.36. The molecule has 0 fully saturated rings.